The molecule has 0 bridgehead atoms. The minimum Gasteiger partial charge on any atom is -0.392 e. The summed E-state index contributed by atoms with van der Waals surface area (Å²) < 4.78 is 0. The van der Waals surface area contributed by atoms with E-state index in [2.05, 4.69) is 26.8 Å². The second kappa shape index (κ2) is 7.04. The molecule has 22 heavy (non-hydrogen) atoms. The molecule has 0 fully saturated rings. The predicted molar refractivity (Wildman–Crippen MR) is 87.7 cm³/mol. The number of benzene rings is 1. The quantitative estimate of drug-likeness (QED) is 0.823. The average molecular weight is 302 g/mol. The zero-order valence-electron chi connectivity index (χ0n) is 13.2. The molecule has 1 aromatic heterocycles. The molecule has 0 aliphatic rings. The van der Waals surface area contributed by atoms with Gasteiger partial charge in [0.2, 0.25) is 11.9 Å². The lowest BCUT2D eigenvalue weighted by molar-refractivity contribution is 0.282. The van der Waals surface area contributed by atoms with E-state index >= 15 is 0 Å². The number of hydrogen-bond acceptors (Lipinski definition) is 7. The van der Waals surface area contributed by atoms with E-state index in [4.69, 9.17) is 5.73 Å². The van der Waals surface area contributed by atoms with Crippen LogP contribution >= 0.6 is 0 Å². The molecular formula is C15H22N6O. The largest absolute Gasteiger partial charge is 0.392 e. The van der Waals surface area contributed by atoms with Crippen LogP contribution in [0, 0.1) is 0 Å². The number of nitrogens with two attached hydrogens (primary N) is 1. The van der Waals surface area contributed by atoms with Crippen molar-refractivity contribution in [3.05, 3.63) is 35.7 Å². The predicted octanol–water partition coefficient (Wildman–Crippen LogP) is 1.04. The molecule has 0 atom stereocenters. The van der Waals surface area contributed by atoms with Crippen molar-refractivity contribution in [2.75, 3.05) is 36.2 Å². The molecule has 3 N–H and O–H groups in total. The Bertz CT molecular complexity index is 631. The van der Waals surface area contributed by atoms with Gasteiger partial charge < -0.3 is 20.6 Å². The summed E-state index contributed by atoms with van der Waals surface area (Å²) in [5.74, 6) is 1.38. The normalized spacial score (nSPS) is 10.5. The highest BCUT2D eigenvalue weighted by Gasteiger charge is 2.11. The molecule has 1 heterocycles. The molecule has 0 radical (unpaired) electrons. The fourth-order valence-corrected chi connectivity index (χ4v) is 2.10. The molecule has 0 saturated carbocycles. The molecule has 1 aromatic carbocycles. The minimum absolute atomic E-state index is 0.0227. The van der Waals surface area contributed by atoms with E-state index < -0.39 is 0 Å². The third-order valence-corrected chi connectivity index (χ3v) is 3.26. The van der Waals surface area contributed by atoms with Gasteiger partial charge in [-0.2, -0.15) is 15.0 Å². The van der Waals surface area contributed by atoms with Crippen LogP contribution in [0.15, 0.2) is 24.3 Å². The Balaban J connectivity index is 2.26. The number of anilines is 3. The molecule has 7 nitrogen and oxygen atoms in total. The van der Waals surface area contributed by atoms with Crippen molar-refractivity contribution in [2.24, 2.45) is 0 Å². The molecule has 0 saturated heterocycles. The number of nitrogens with zero attached hydrogens (tertiary/aromatic N) is 5. The monoisotopic (exact) mass is 302 g/mol. The van der Waals surface area contributed by atoms with E-state index in [9.17, 15) is 5.11 Å². The number of hydrogen-bond donors (Lipinski definition) is 2. The van der Waals surface area contributed by atoms with Gasteiger partial charge in [0.1, 0.15) is 0 Å². The van der Waals surface area contributed by atoms with E-state index in [1.807, 2.05) is 38.4 Å². The molecule has 0 aliphatic heterocycles. The fourth-order valence-electron chi connectivity index (χ4n) is 2.10. The second-order valence-corrected chi connectivity index (χ2v) is 5.15. The van der Waals surface area contributed by atoms with Crippen molar-refractivity contribution in [3.63, 3.8) is 0 Å². The van der Waals surface area contributed by atoms with Crippen LogP contribution in [0.5, 0.6) is 0 Å². The summed E-state index contributed by atoms with van der Waals surface area (Å²) in [6, 6.07) is 7.78. The van der Waals surface area contributed by atoms with Gasteiger partial charge in [-0.15, -0.1) is 0 Å². The van der Waals surface area contributed by atoms with E-state index in [0.29, 0.717) is 18.3 Å². The van der Waals surface area contributed by atoms with E-state index in [1.165, 1.54) is 0 Å². The van der Waals surface area contributed by atoms with Crippen molar-refractivity contribution in [2.45, 2.75) is 20.1 Å². The highest BCUT2D eigenvalue weighted by molar-refractivity contribution is 5.48. The van der Waals surface area contributed by atoms with Gasteiger partial charge in [0, 0.05) is 26.3 Å². The summed E-state index contributed by atoms with van der Waals surface area (Å²) in [5, 5.41) is 9.27. The molecule has 0 aliphatic carbocycles. The van der Waals surface area contributed by atoms with Crippen LogP contribution in [-0.2, 0) is 13.2 Å². The molecule has 2 rings (SSSR count). The maximum absolute atomic E-state index is 9.27. The lowest BCUT2D eigenvalue weighted by Gasteiger charge is -2.23. The van der Waals surface area contributed by atoms with Gasteiger partial charge in [0.25, 0.3) is 0 Å². The van der Waals surface area contributed by atoms with Crippen LogP contribution in [0.4, 0.5) is 17.6 Å². The standard InChI is InChI=1S/C15H22N6O/c1-4-21(12-7-5-6-11(8-12)10-22)9-13-17-14(16)19-15(18-13)20(2)3/h5-8,22H,4,9-10H2,1-3H3,(H2,16,17,18,19). The Morgan fingerprint density at radius 1 is 1.18 bits per heavy atom. The number of aliphatic hydroxyl groups is 1. The highest BCUT2D eigenvalue weighted by atomic mass is 16.3. The maximum Gasteiger partial charge on any atom is 0.229 e. The third kappa shape index (κ3) is 3.82. The van der Waals surface area contributed by atoms with Crippen molar-refractivity contribution in [3.8, 4) is 0 Å². The first kappa shape index (κ1) is 16.0. The number of rotatable bonds is 6. The lowest BCUT2D eigenvalue weighted by Crippen LogP contribution is -2.25. The van der Waals surface area contributed by atoms with Crippen molar-refractivity contribution in [1.29, 1.82) is 0 Å². The highest BCUT2D eigenvalue weighted by Crippen LogP contribution is 2.18. The summed E-state index contributed by atoms with van der Waals surface area (Å²) in [5.41, 5.74) is 7.65. The van der Waals surface area contributed by atoms with Gasteiger partial charge >= 0.3 is 0 Å². The topological polar surface area (TPSA) is 91.4 Å². The number of nitrogen functional groups attached to an aromatic ring is 1. The molecule has 118 valence electrons. The molecular weight excluding hydrogens is 280 g/mol. The SMILES string of the molecule is CCN(Cc1nc(N)nc(N(C)C)n1)c1cccc(CO)c1. The number of aromatic nitrogens is 3. The average Bonchev–Trinajstić information content (AvgIpc) is 2.52. The van der Waals surface area contributed by atoms with Crippen LogP contribution in [0.1, 0.15) is 18.3 Å². The lowest BCUT2D eigenvalue weighted by atomic mass is 10.2. The maximum atomic E-state index is 9.27. The van der Waals surface area contributed by atoms with Crippen molar-refractivity contribution in [1.82, 2.24) is 15.0 Å². The third-order valence-electron chi connectivity index (χ3n) is 3.26. The van der Waals surface area contributed by atoms with Gasteiger partial charge in [-0.1, -0.05) is 12.1 Å². The summed E-state index contributed by atoms with van der Waals surface area (Å²) in [7, 11) is 3.72. The van der Waals surface area contributed by atoms with Crippen molar-refractivity contribution < 1.29 is 5.11 Å². The Morgan fingerprint density at radius 3 is 2.59 bits per heavy atom. The molecule has 7 heteroatoms. The van der Waals surface area contributed by atoms with Crippen LogP contribution in [0.25, 0.3) is 0 Å². The van der Waals surface area contributed by atoms with Gasteiger partial charge in [-0.05, 0) is 24.6 Å². The van der Waals surface area contributed by atoms with Gasteiger partial charge in [0.05, 0.1) is 13.2 Å². The smallest absolute Gasteiger partial charge is 0.229 e. The van der Waals surface area contributed by atoms with Crippen LogP contribution < -0.4 is 15.5 Å². The van der Waals surface area contributed by atoms with Crippen molar-refractivity contribution >= 4 is 17.6 Å². The first-order valence-electron chi connectivity index (χ1n) is 7.16. The van der Waals surface area contributed by atoms with Crippen LogP contribution in [0.3, 0.4) is 0 Å². The van der Waals surface area contributed by atoms with E-state index in [-0.39, 0.29) is 12.6 Å². The minimum atomic E-state index is 0.0227. The Kier molecular flexibility index (Phi) is 5.11. The number of aliphatic hydroxyl groups excluding tert-OH is 1. The Hall–Kier alpha value is -2.41. The summed E-state index contributed by atoms with van der Waals surface area (Å²) in [4.78, 5) is 16.6. The second-order valence-electron chi connectivity index (χ2n) is 5.15. The van der Waals surface area contributed by atoms with E-state index in [1.54, 1.807) is 4.90 Å². The summed E-state index contributed by atoms with van der Waals surface area (Å²) in [6.45, 7) is 3.40. The first-order valence-corrected chi connectivity index (χ1v) is 7.16. The zero-order valence-corrected chi connectivity index (χ0v) is 13.2. The Morgan fingerprint density at radius 2 is 1.95 bits per heavy atom. The van der Waals surface area contributed by atoms with Gasteiger partial charge in [-0.25, -0.2) is 0 Å². The summed E-state index contributed by atoms with van der Waals surface area (Å²) >= 11 is 0. The molecule has 0 spiro atoms. The van der Waals surface area contributed by atoms with Gasteiger partial charge in [0.15, 0.2) is 5.82 Å². The summed E-state index contributed by atoms with van der Waals surface area (Å²) in [6.07, 6.45) is 0. The molecule has 0 amide bonds. The molecule has 0 unspecified atom stereocenters. The first-order chi connectivity index (χ1) is 10.5. The van der Waals surface area contributed by atoms with Crippen LogP contribution in [0.2, 0.25) is 0 Å². The van der Waals surface area contributed by atoms with Crippen LogP contribution in [-0.4, -0.2) is 40.7 Å². The molecule has 2 aromatic rings. The zero-order chi connectivity index (χ0) is 16.1. The van der Waals surface area contributed by atoms with Gasteiger partial charge in [-0.3, -0.25) is 0 Å². The Labute approximate surface area is 130 Å². The van der Waals surface area contributed by atoms with E-state index in [0.717, 1.165) is 17.8 Å². The fraction of sp³-hybridized carbons (Fsp3) is 0.400.